The molecule has 1 aromatic rings. The number of nitriles is 1. The van der Waals surface area contributed by atoms with Crippen LogP contribution in [0.15, 0.2) is 51.4 Å². The van der Waals surface area contributed by atoms with Gasteiger partial charge in [0.2, 0.25) is 9.84 Å². The van der Waals surface area contributed by atoms with Gasteiger partial charge in [-0.25, -0.2) is 8.42 Å². The summed E-state index contributed by atoms with van der Waals surface area (Å²) in [6.07, 6.45) is 5.18. The summed E-state index contributed by atoms with van der Waals surface area (Å²) in [5.74, 6) is 0. The molecule has 0 fully saturated rings. The van der Waals surface area contributed by atoms with E-state index in [1.807, 2.05) is 19.1 Å². The maximum absolute atomic E-state index is 12.8. The molecular weight excluding hydrogens is 320 g/mol. The predicted octanol–water partition coefficient (Wildman–Crippen LogP) is 4.00. The molecule has 1 atom stereocenters. The van der Waals surface area contributed by atoms with Gasteiger partial charge in [0.1, 0.15) is 6.07 Å². The molecule has 0 radical (unpaired) electrons. The second-order valence-corrected chi connectivity index (χ2v) is 8.15. The van der Waals surface area contributed by atoms with Crippen molar-refractivity contribution in [3.8, 4) is 6.07 Å². The second-order valence-electron chi connectivity index (χ2n) is 6.26. The first-order chi connectivity index (χ1) is 11.4. The second kappa shape index (κ2) is 7.67. The van der Waals surface area contributed by atoms with E-state index < -0.39 is 9.84 Å². The third-order valence-electron chi connectivity index (χ3n) is 4.28. The van der Waals surface area contributed by atoms with Gasteiger partial charge in [0, 0.05) is 11.7 Å². The monoisotopic (exact) mass is 344 g/mol. The van der Waals surface area contributed by atoms with E-state index in [1.54, 1.807) is 24.3 Å². The van der Waals surface area contributed by atoms with Gasteiger partial charge >= 0.3 is 0 Å². The summed E-state index contributed by atoms with van der Waals surface area (Å²) in [5, 5.41) is 12.9. The number of nitrogens with zero attached hydrogens (tertiary/aromatic N) is 1. The predicted molar refractivity (Wildman–Crippen MR) is 95.8 cm³/mol. The van der Waals surface area contributed by atoms with E-state index in [9.17, 15) is 13.7 Å². The largest absolute Gasteiger partial charge is 0.386 e. The third-order valence-corrected chi connectivity index (χ3v) is 6.06. The van der Waals surface area contributed by atoms with Crippen molar-refractivity contribution in [1.82, 2.24) is 5.32 Å². The van der Waals surface area contributed by atoms with Gasteiger partial charge in [-0.05, 0) is 63.3 Å². The summed E-state index contributed by atoms with van der Waals surface area (Å²) in [7, 11) is -3.78. The van der Waals surface area contributed by atoms with Gasteiger partial charge in [0.05, 0.1) is 4.90 Å². The molecule has 128 valence electrons. The summed E-state index contributed by atoms with van der Waals surface area (Å²) < 4.78 is 25.7. The molecule has 1 aromatic carbocycles. The molecule has 5 heteroatoms. The number of hydrogen-bond acceptors (Lipinski definition) is 4. The number of aryl methyl sites for hydroxylation is 1. The highest BCUT2D eigenvalue weighted by molar-refractivity contribution is 7.95. The van der Waals surface area contributed by atoms with Crippen molar-refractivity contribution < 1.29 is 8.42 Å². The lowest BCUT2D eigenvalue weighted by Crippen LogP contribution is -2.25. The number of rotatable bonds is 5. The SMILES string of the molecule is CCC(C)NC1=C/C(=C(\C#N)S(=O)(=O)c2ccc(C)cc2)CCC1. The van der Waals surface area contributed by atoms with Crippen LogP contribution in [-0.2, 0) is 9.84 Å². The average Bonchev–Trinajstić information content (AvgIpc) is 2.56. The van der Waals surface area contributed by atoms with E-state index in [1.165, 1.54) is 0 Å². The van der Waals surface area contributed by atoms with Gasteiger partial charge in [-0.3, -0.25) is 0 Å². The van der Waals surface area contributed by atoms with Crippen LogP contribution in [0.5, 0.6) is 0 Å². The Balaban J connectivity index is 2.45. The minimum Gasteiger partial charge on any atom is -0.386 e. The van der Waals surface area contributed by atoms with Crippen molar-refractivity contribution >= 4 is 9.84 Å². The zero-order valence-corrected chi connectivity index (χ0v) is 15.3. The van der Waals surface area contributed by atoms with Crippen molar-refractivity contribution in [1.29, 1.82) is 5.26 Å². The van der Waals surface area contributed by atoms with Crippen molar-refractivity contribution in [2.75, 3.05) is 0 Å². The van der Waals surface area contributed by atoms with Crippen LogP contribution in [0, 0.1) is 18.3 Å². The Hall–Kier alpha value is -2.06. The van der Waals surface area contributed by atoms with Crippen molar-refractivity contribution in [3.63, 3.8) is 0 Å². The summed E-state index contributed by atoms with van der Waals surface area (Å²) in [5.41, 5.74) is 2.60. The molecule has 1 aliphatic rings. The van der Waals surface area contributed by atoms with E-state index >= 15 is 0 Å². The molecule has 0 saturated heterocycles. The highest BCUT2D eigenvalue weighted by Crippen LogP contribution is 2.29. The van der Waals surface area contributed by atoms with Gasteiger partial charge < -0.3 is 5.32 Å². The molecule has 0 aliphatic heterocycles. The van der Waals surface area contributed by atoms with Gasteiger partial charge in [-0.2, -0.15) is 5.26 Å². The van der Waals surface area contributed by atoms with Crippen LogP contribution >= 0.6 is 0 Å². The first kappa shape index (κ1) is 18.3. The van der Waals surface area contributed by atoms with Crippen LogP contribution in [0.2, 0.25) is 0 Å². The standard InChI is InChI=1S/C19H24N2O2S/c1-4-15(3)21-17-7-5-6-16(12-17)19(13-20)24(22,23)18-10-8-14(2)9-11-18/h8-12,15,21H,4-7H2,1-3H3/b19-16+. The normalized spacial score (nSPS) is 18.3. The lowest BCUT2D eigenvalue weighted by atomic mass is 9.98. The van der Waals surface area contributed by atoms with Crippen molar-refractivity contribution in [3.05, 3.63) is 52.1 Å². The zero-order chi connectivity index (χ0) is 17.7. The number of nitrogens with one attached hydrogen (secondary N) is 1. The van der Waals surface area contributed by atoms with Gasteiger partial charge in [0.25, 0.3) is 0 Å². The summed E-state index contributed by atoms with van der Waals surface area (Å²) in [6.45, 7) is 6.09. The molecule has 0 aromatic heterocycles. The molecule has 0 amide bonds. The van der Waals surface area contributed by atoms with Crippen LogP contribution in [0.3, 0.4) is 0 Å². The molecule has 0 bridgehead atoms. The third kappa shape index (κ3) is 4.07. The highest BCUT2D eigenvalue weighted by atomic mass is 32.2. The summed E-state index contributed by atoms with van der Waals surface area (Å²) in [6, 6.07) is 8.89. The first-order valence-corrected chi connectivity index (χ1v) is 9.79. The molecule has 1 unspecified atom stereocenters. The lowest BCUT2D eigenvalue weighted by Gasteiger charge is -2.21. The fourth-order valence-corrected chi connectivity index (χ4v) is 4.03. The molecule has 4 nitrogen and oxygen atoms in total. The highest BCUT2D eigenvalue weighted by Gasteiger charge is 2.25. The van der Waals surface area contributed by atoms with Gasteiger partial charge in [-0.1, -0.05) is 24.6 Å². The number of allylic oxidation sites excluding steroid dienone is 4. The Bertz CT molecular complexity index is 797. The maximum Gasteiger partial charge on any atom is 0.216 e. The Morgan fingerprint density at radius 2 is 1.96 bits per heavy atom. The number of sulfone groups is 1. The zero-order valence-electron chi connectivity index (χ0n) is 14.5. The minimum absolute atomic E-state index is 0.130. The lowest BCUT2D eigenvalue weighted by molar-refractivity contribution is 0.564. The van der Waals surface area contributed by atoms with E-state index in [4.69, 9.17) is 0 Å². The summed E-state index contributed by atoms with van der Waals surface area (Å²) >= 11 is 0. The fraction of sp³-hybridized carbons (Fsp3) is 0.421. The Kier molecular flexibility index (Phi) is 5.84. The maximum atomic E-state index is 12.8. The average molecular weight is 344 g/mol. The van der Waals surface area contributed by atoms with Crippen LogP contribution in [0.25, 0.3) is 0 Å². The van der Waals surface area contributed by atoms with Crippen LogP contribution < -0.4 is 5.32 Å². The van der Waals surface area contributed by atoms with Crippen LogP contribution in [0.1, 0.15) is 45.1 Å². The molecule has 1 aliphatic carbocycles. The topological polar surface area (TPSA) is 70.0 Å². The first-order valence-electron chi connectivity index (χ1n) is 8.30. The van der Waals surface area contributed by atoms with E-state index in [-0.39, 0.29) is 9.80 Å². The van der Waals surface area contributed by atoms with Crippen LogP contribution in [-0.4, -0.2) is 14.5 Å². The summed E-state index contributed by atoms with van der Waals surface area (Å²) in [4.78, 5) is 0.0436. The Morgan fingerprint density at radius 1 is 1.29 bits per heavy atom. The number of hydrogen-bond donors (Lipinski definition) is 1. The Morgan fingerprint density at radius 3 is 2.54 bits per heavy atom. The number of benzene rings is 1. The molecule has 1 N–H and O–H groups in total. The van der Waals surface area contributed by atoms with Crippen molar-refractivity contribution in [2.45, 2.75) is 57.4 Å². The molecule has 0 spiro atoms. The molecule has 0 heterocycles. The molecular formula is C19H24N2O2S. The van der Waals surface area contributed by atoms with Crippen molar-refractivity contribution in [2.24, 2.45) is 0 Å². The Labute approximate surface area is 144 Å². The quantitative estimate of drug-likeness (QED) is 0.820. The van der Waals surface area contributed by atoms with E-state index in [0.717, 1.165) is 30.5 Å². The van der Waals surface area contributed by atoms with E-state index in [0.29, 0.717) is 18.0 Å². The molecule has 0 saturated carbocycles. The molecule has 2 rings (SSSR count). The van der Waals surface area contributed by atoms with Gasteiger partial charge in [-0.15, -0.1) is 0 Å². The van der Waals surface area contributed by atoms with E-state index in [2.05, 4.69) is 19.2 Å². The minimum atomic E-state index is -3.78. The fourth-order valence-electron chi connectivity index (χ4n) is 2.68. The van der Waals surface area contributed by atoms with Crippen LogP contribution in [0.4, 0.5) is 0 Å². The van der Waals surface area contributed by atoms with Gasteiger partial charge in [0.15, 0.2) is 4.91 Å². The smallest absolute Gasteiger partial charge is 0.216 e. The molecule has 24 heavy (non-hydrogen) atoms.